The van der Waals surface area contributed by atoms with Gasteiger partial charge in [0.2, 0.25) is 0 Å². The number of hydrogen-bond acceptors (Lipinski definition) is 3. The van der Waals surface area contributed by atoms with Gasteiger partial charge in [0.05, 0.1) is 10.0 Å². The number of ether oxygens (including phenoxy) is 1. The molecule has 0 fully saturated rings. The third-order valence-corrected chi connectivity index (χ3v) is 4.85. The van der Waals surface area contributed by atoms with Crippen LogP contribution in [0.4, 0.5) is 5.69 Å². The topological polar surface area (TPSA) is 41.5 Å². The predicted molar refractivity (Wildman–Crippen MR) is 113 cm³/mol. The summed E-state index contributed by atoms with van der Waals surface area (Å²) in [7, 11) is 0. The van der Waals surface area contributed by atoms with Gasteiger partial charge in [-0.1, -0.05) is 58.5 Å². The summed E-state index contributed by atoms with van der Waals surface area (Å²) in [4.78, 5) is 0. The zero-order chi connectivity index (χ0) is 19.4. The standard InChI is InChI=1S/C20H15Cl4NO2/c21-14-3-1-2-12(6-14)11-27-19-5-4-15(22)7-13(19)10-25-16-8-17(23)20(26)18(24)9-16/h1-9,25-26H,10-11H2. The van der Waals surface area contributed by atoms with E-state index in [1.54, 1.807) is 18.2 Å². The molecule has 140 valence electrons. The molecule has 3 aromatic rings. The number of hydrogen-bond donors (Lipinski definition) is 2. The van der Waals surface area contributed by atoms with E-state index in [1.165, 1.54) is 0 Å². The Kier molecular flexibility index (Phi) is 6.61. The Labute approximate surface area is 177 Å². The summed E-state index contributed by atoms with van der Waals surface area (Å²) in [6.45, 7) is 0.814. The average Bonchev–Trinajstić information content (AvgIpc) is 2.63. The van der Waals surface area contributed by atoms with Gasteiger partial charge in [0.25, 0.3) is 0 Å². The lowest BCUT2D eigenvalue weighted by molar-refractivity contribution is 0.303. The zero-order valence-corrected chi connectivity index (χ0v) is 17.0. The first-order valence-electron chi connectivity index (χ1n) is 8.00. The first kappa shape index (κ1) is 20.0. The summed E-state index contributed by atoms with van der Waals surface area (Å²) in [6.07, 6.45) is 0. The van der Waals surface area contributed by atoms with Gasteiger partial charge in [0.1, 0.15) is 12.4 Å². The van der Waals surface area contributed by atoms with Gasteiger partial charge in [-0.2, -0.15) is 0 Å². The van der Waals surface area contributed by atoms with Gasteiger partial charge in [-0.15, -0.1) is 0 Å². The van der Waals surface area contributed by atoms with Crippen molar-refractivity contribution in [2.75, 3.05) is 5.32 Å². The highest BCUT2D eigenvalue weighted by molar-refractivity contribution is 6.37. The van der Waals surface area contributed by atoms with Gasteiger partial charge < -0.3 is 15.2 Å². The first-order chi connectivity index (χ1) is 12.9. The number of nitrogens with one attached hydrogen (secondary N) is 1. The third kappa shape index (κ3) is 5.36. The van der Waals surface area contributed by atoms with E-state index in [-0.39, 0.29) is 15.8 Å². The van der Waals surface area contributed by atoms with Crippen molar-refractivity contribution in [1.29, 1.82) is 0 Å². The van der Waals surface area contributed by atoms with Crippen LogP contribution in [-0.4, -0.2) is 5.11 Å². The van der Waals surface area contributed by atoms with Crippen molar-refractivity contribution in [2.45, 2.75) is 13.2 Å². The molecule has 0 amide bonds. The maximum atomic E-state index is 9.66. The molecular weight excluding hydrogens is 428 g/mol. The van der Waals surface area contributed by atoms with Crippen LogP contribution >= 0.6 is 46.4 Å². The molecule has 0 saturated carbocycles. The molecule has 0 aliphatic heterocycles. The van der Waals surface area contributed by atoms with Crippen molar-refractivity contribution in [2.24, 2.45) is 0 Å². The predicted octanol–water partition coefficient (Wildman–Crippen LogP) is 7.20. The molecule has 0 unspecified atom stereocenters. The van der Waals surface area contributed by atoms with E-state index >= 15 is 0 Å². The van der Waals surface area contributed by atoms with Crippen LogP contribution in [0.15, 0.2) is 54.6 Å². The molecule has 7 heteroatoms. The number of aromatic hydroxyl groups is 1. The summed E-state index contributed by atoms with van der Waals surface area (Å²) < 4.78 is 5.94. The second kappa shape index (κ2) is 8.94. The van der Waals surface area contributed by atoms with E-state index in [4.69, 9.17) is 51.1 Å². The van der Waals surface area contributed by atoms with E-state index in [2.05, 4.69) is 5.32 Å². The molecule has 3 nitrogen and oxygen atoms in total. The van der Waals surface area contributed by atoms with E-state index in [0.717, 1.165) is 11.1 Å². The van der Waals surface area contributed by atoms with Crippen LogP contribution in [0.5, 0.6) is 11.5 Å². The van der Waals surface area contributed by atoms with Crippen molar-refractivity contribution < 1.29 is 9.84 Å². The van der Waals surface area contributed by atoms with Gasteiger partial charge in [-0.05, 0) is 48.0 Å². The minimum Gasteiger partial charge on any atom is -0.505 e. The van der Waals surface area contributed by atoms with Crippen LogP contribution in [0.25, 0.3) is 0 Å². The highest BCUT2D eigenvalue weighted by Crippen LogP contribution is 2.35. The quantitative estimate of drug-likeness (QED) is 0.396. The van der Waals surface area contributed by atoms with E-state index < -0.39 is 0 Å². The molecule has 0 aromatic heterocycles. The maximum Gasteiger partial charge on any atom is 0.152 e. The highest BCUT2D eigenvalue weighted by atomic mass is 35.5. The summed E-state index contributed by atoms with van der Waals surface area (Å²) in [5.74, 6) is 0.556. The molecule has 0 atom stereocenters. The fourth-order valence-corrected chi connectivity index (χ4v) is 3.37. The summed E-state index contributed by atoms with van der Waals surface area (Å²) >= 11 is 24.1. The third-order valence-electron chi connectivity index (χ3n) is 3.81. The van der Waals surface area contributed by atoms with Crippen LogP contribution in [0, 0.1) is 0 Å². The van der Waals surface area contributed by atoms with Crippen molar-refractivity contribution in [1.82, 2.24) is 0 Å². The lowest BCUT2D eigenvalue weighted by atomic mass is 10.2. The van der Waals surface area contributed by atoms with Gasteiger partial charge in [0.15, 0.2) is 5.75 Å². The van der Waals surface area contributed by atoms with Crippen LogP contribution in [-0.2, 0) is 13.2 Å². The van der Waals surface area contributed by atoms with Crippen LogP contribution in [0.1, 0.15) is 11.1 Å². The van der Waals surface area contributed by atoms with Crippen molar-refractivity contribution >= 4 is 52.1 Å². The lowest BCUT2D eigenvalue weighted by Gasteiger charge is -2.14. The van der Waals surface area contributed by atoms with Crippen molar-refractivity contribution in [3.63, 3.8) is 0 Å². The molecule has 0 aliphatic rings. The second-order valence-corrected chi connectivity index (χ2v) is 7.50. The lowest BCUT2D eigenvalue weighted by Crippen LogP contribution is -2.04. The number of phenolic OH excluding ortho intramolecular Hbond substituents is 1. The van der Waals surface area contributed by atoms with E-state index in [1.807, 2.05) is 36.4 Å². The van der Waals surface area contributed by atoms with Crippen LogP contribution in [0.3, 0.4) is 0 Å². The normalized spacial score (nSPS) is 10.7. The summed E-state index contributed by atoms with van der Waals surface area (Å²) in [5.41, 5.74) is 2.50. The SMILES string of the molecule is Oc1c(Cl)cc(NCc2cc(Cl)ccc2OCc2cccc(Cl)c2)cc1Cl. The van der Waals surface area contributed by atoms with Crippen LogP contribution in [0.2, 0.25) is 20.1 Å². The number of phenols is 1. The zero-order valence-electron chi connectivity index (χ0n) is 14.0. The summed E-state index contributed by atoms with van der Waals surface area (Å²) in [6, 6.07) is 16.1. The average molecular weight is 443 g/mol. The number of rotatable bonds is 6. The minimum atomic E-state index is -0.141. The van der Waals surface area contributed by atoms with Gasteiger partial charge in [0, 0.05) is 27.8 Å². The fourth-order valence-electron chi connectivity index (χ4n) is 2.48. The number of halogens is 4. The molecule has 3 aromatic carbocycles. The van der Waals surface area contributed by atoms with Crippen molar-refractivity contribution in [3.05, 3.63) is 85.8 Å². The Balaban J connectivity index is 1.74. The van der Waals surface area contributed by atoms with Gasteiger partial charge in [-0.25, -0.2) is 0 Å². The smallest absolute Gasteiger partial charge is 0.152 e. The molecule has 0 spiro atoms. The van der Waals surface area contributed by atoms with Gasteiger partial charge in [-0.3, -0.25) is 0 Å². The second-order valence-electron chi connectivity index (χ2n) is 5.81. The maximum absolute atomic E-state index is 9.66. The van der Waals surface area contributed by atoms with Gasteiger partial charge >= 0.3 is 0 Å². The fraction of sp³-hybridized carbons (Fsp3) is 0.100. The molecule has 3 rings (SSSR count). The van der Waals surface area contributed by atoms with Crippen molar-refractivity contribution in [3.8, 4) is 11.5 Å². The van der Waals surface area contributed by atoms with Crippen LogP contribution < -0.4 is 10.1 Å². The molecule has 2 N–H and O–H groups in total. The molecule has 0 radical (unpaired) electrons. The minimum absolute atomic E-state index is 0.141. The number of benzene rings is 3. The first-order valence-corrected chi connectivity index (χ1v) is 9.51. The number of anilines is 1. The Morgan fingerprint density at radius 2 is 1.56 bits per heavy atom. The Morgan fingerprint density at radius 1 is 0.852 bits per heavy atom. The van der Waals surface area contributed by atoms with E-state index in [9.17, 15) is 5.11 Å². The Bertz CT molecular complexity index is 939. The molecule has 0 bridgehead atoms. The Morgan fingerprint density at radius 3 is 2.26 bits per heavy atom. The molecule has 0 aliphatic carbocycles. The molecule has 0 heterocycles. The summed E-state index contributed by atoms with van der Waals surface area (Å²) in [5, 5.41) is 14.5. The van der Waals surface area contributed by atoms with E-state index in [0.29, 0.717) is 34.6 Å². The molecule has 0 saturated heterocycles. The molecular formula is C20H15Cl4NO2. The molecule has 27 heavy (non-hydrogen) atoms. The highest BCUT2D eigenvalue weighted by Gasteiger charge is 2.09. The monoisotopic (exact) mass is 441 g/mol. The Hall–Kier alpha value is -1.78. The largest absolute Gasteiger partial charge is 0.505 e.